The van der Waals surface area contributed by atoms with Crippen molar-refractivity contribution in [3.05, 3.63) is 40.9 Å². The first-order valence-corrected chi connectivity index (χ1v) is 8.50. The van der Waals surface area contributed by atoms with Gasteiger partial charge in [0.25, 0.3) is 0 Å². The van der Waals surface area contributed by atoms with Crippen molar-refractivity contribution in [1.82, 2.24) is 15.2 Å². The second kappa shape index (κ2) is 6.82. The summed E-state index contributed by atoms with van der Waals surface area (Å²) in [4.78, 5) is 5.10. The highest BCUT2D eigenvalue weighted by Crippen LogP contribution is 2.37. The van der Waals surface area contributed by atoms with Gasteiger partial charge < -0.3 is 5.11 Å². The molecule has 1 aromatic carbocycles. The van der Waals surface area contributed by atoms with Crippen molar-refractivity contribution in [1.29, 1.82) is 5.26 Å². The van der Waals surface area contributed by atoms with Gasteiger partial charge in [0.05, 0.1) is 17.1 Å². The molecule has 0 saturated heterocycles. The van der Waals surface area contributed by atoms with Crippen LogP contribution in [-0.4, -0.2) is 31.6 Å². The van der Waals surface area contributed by atoms with E-state index in [1.165, 1.54) is 18.1 Å². The number of nitriles is 1. The minimum absolute atomic E-state index is 0.247. The molecule has 1 atom stereocenters. The molecule has 1 unspecified atom stereocenters. The van der Waals surface area contributed by atoms with Crippen molar-refractivity contribution in [3.63, 3.8) is 0 Å². The van der Waals surface area contributed by atoms with Crippen LogP contribution in [0.4, 0.5) is 0 Å². The van der Waals surface area contributed by atoms with E-state index in [2.05, 4.69) is 37.2 Å². The molecule has 1 aromatic heterocycles. The van der Waals surface area contributed by atoms with Crippen LogP contribution in [0.1, 0.15) is 19.7 Å². The Labute approximate surface area is 142 Å². The van der Waals surface area contributed by atoms with Crippen molar-refractivity contribution < 1.29 is 5.11 Å². The maximum Gasteiger partial charge on any atom is 0.137 e. The zero-order valence-electron chi connectivity index (χ0n) is 12.4. The van der Waals surface area contributed by atoms with Gasteiger partial charge in [0.2, 0.25) is 0 Å². The Morgan fingerprint density at radius 2 is 2.05 bits per heavy atom. The number of aliphatic hydroxyl groups is 1. The summed E-state index contributed by atoms with van der Waals surface area (Å²) in [6.45, 7) is 3.48. The van der Waals surface area contributed by atoms with E-state index in [9.17, 15) is 10.4 Å². The number of nitrogens with one attached hydrogen (secondary N) is 1. The first-order valence-electron chi connectivity index (χ1n) is 6.72. The third-order valence-electron chi connectivity index (χ3n) is 3.66. The molecule has 7 heteroatoms. The molecular weight excluding hydrogens is 364 g/mol. The molecule has 22 heavy (non-hydrogen) atoms. The van der Waals surface area contributed by atoms with Gasteiger partial charge in [0, 0.05) is 21.5 Å². The highest BCUT2D eigenvalue weighted by molar-refractivity contribution is 9.10. The van der Waals surface area contributed by atoms with Gasteiger partial charge in [-0.1, -0.05) is 15.9 Å². The molecule has 2 rings (SSSR count). The van der Waals surface area contributed by atoms with Crippen LogP contribution in [0.15, 0.2) is 40.0 Å². The van der Waals surface area contributed by atoms with E-state index in [-0.39, 0.29) is 6.42 Å². The summed E-state index contributed by atoms with van der Waals surface area (Å²) < 4.78 is 1.01. The van der Waals surface area contributed by atoms with Gasteiger partial charge in [-0.05, 0) is 38.1 Å². The average Bonchev–Trinajstić information content (AvgIpc) is 2.99. The standard InChI is InChI=1S/C15H17BrN4OS/c1-14(2,8-17)15(21,7-13-18-10-19-20-13)9-22-12-5-3-11(16)4-6-12/h3-6,10,21H,7,9H2,1-2H3,(H,18,19,20). The van der Waals surface area contributed by atoms with Crippen molar-refractivity contribution in [2.45, 2.75) is 30.8 Å². The Kier molecular flexibility index (Phi) is 5.27. The molecule has 0 aliphatic heterocycles. The van der Waals surface area contributed by atoms with Crippen LogP contribution in [0.3, 0.4) is 0 Å². The molecule has 1 heterocycles. The molecular formula is C15H17BrN4OS. The SMILES string of the molecule is CC(C)(C#N)C(O)(CSc1ccc(Br)cc1)Cc1ncn[nH]1. The number of aromatic amines is 1. The van der Waals surface area contributed by atoms with E-state index in [1.807, 2.05) is 24.3 Å². The van der Waals surface area contributed by atoms with Crippen LogP contribution in [-0.2, 0) is 6.42 Å². The van der Waals surface area contributed by atoms with Crippen molar-refractivity contribution in [2.24, 2.45) is 5.41 Å². The number of hydrogen-bond donors (Lipinski definition) is 2. The Morgan fingerprint density at radius 3 is 2.59 bits per heavy atom. The monoisotopic (exact) mass is 380 g/mol. The third-order valence-corrected chi connectivity index (χ3v) is 5.42. The summed E-state index contributed by atoms with van der Waals surface area (Å²) in [7, 11) is 0. The molecule has 0 radical (unpaired) electrons. The first kappa shape index (κ1) is 17.0. The van der Waals surface area contributed by atoms with E-state index in [4.69, 9.17) is 0 Å². The zero-order valence-corrected chi connectivity index (χ0v) is 14.8. The van der Waals surface area contributed by atoms with Crippen molar-refractivity contribution in [3.8, 4) is 6.07 Å². The number of thioether (sulfide) groups is 1. The maximum atomic E-state index is 11.1. The van der Waals surface area contributed by atoms with Gasteiger partial charge in [0.15, 0.2) is 0 Å². The van der Waals surface area contributed by atoms with Gasteiger partial charge in [0.1, 0.15) is 12.2 Å². The lowest BCUT2D eigenvalue weighted by Gasteiger charge is -2.37. The van der Waals surface area contributed by atoms with Crippen LogP contribution >= 0.6 is 27.7 Å². The second-order valence-electron chi connectivity index (χ2n) is 5.62. The second-order valence-corrected chi connectivity index (χ2v) is 7.58. The number of H-pyrrole nitrogens is 1. The molecule has 0 saturated carbocycles. The van der Waals surface area contributed by atoms with Crippen LogP contribution in [0.5, 0.6) is 0 Å². The van der Waals surface area contributed by atoms with Gasteiger partial charge >= 0.3 is 0 Å². The Hall–Kier alpha value is -1.36. The lowest BCUT2D eigenvalue weighted by molar-refractivity contribution is -0.0176. The summed E-state index contributed by atoms with van der Waals surface area (Å²) >= 11 is 4.91. The summed E-state index contributed by atoms with van der Waals surface area (Å²) in [5, 5.41) is 27.1. The van der Waals surface area contributed by atoms with E-state index in [1.54, 1.807) is 13.8 Å². The van der Waals surface area contributed by atoms with E-state index in [0.717, 1.165) is 9.37 Å². The Bertz CT molecular complexity index is 651. The van der Waals surface area contributed by atoms with E-state index >= 15 is 0 Å². The molecule has 0 spiro atoms. The molecule has 0 fully saturated rings. The Balaban J connectivity index is 2.17. The summed E-state index contributed by atoms with van der Waals surface area (Å²) in [6, 6.07) is 10.1. The highest BCUT2D eigenvalue weighted by atomic mass is 79.9. The van der Waals surface area contributed by atoms with Crippen LogP contribution < -0.4 is 0 Å². The van der Waals surface area contributed by atoms with Gasteiger partial charge in [-0.25, -0.2) is 4.98 Å². The average molecular weight is 381 g/mol. The highest BCUT2D eigenvalue weighted by Gasteiger charge is 2.44. The van der Waals surface area contributed by atoms with Gasteiger partial charge in [-0.15, -0.1) is 11.8 Å². The van der Waals surface area contributed by atoms with Crippen LogP contribution in [0.25, 0.3) is 0 Å². The fraction of sp³-hybridized carbons (Fsp3) is 0.400. The van der Waals surface area contributed by atoms with Crippen LogP contribution in [0, 0.1) is 16.7 Å². The minimum atomic E-state index is -1.22. The third kappa shape index (κ3) is 3.88. The predicted octanol–water partition coefficient (Wildman–Crippen LogP) is 3.18. The molecule has 2 N–H and O–H groups in total. The number of hydrogen-bond acceptors (Lipinski definition) is 5. The summed E-state index contributed by atoms with van der Waals surface area (Å²) in [5.41, 5.74) is -2.14. The quantitative estimate of drug-likeness (QED) is 0.751. The lowest BCUT2D eigenvalue weighted by Crippen LogP contribution is -2.48. The predicted molar refractivity (Wildman–Crippen MR) is 89.3 cm³/mol. The fourth-order valence-electron chi connectivity index (χ4n) is 1.88. The lowest BCUT2D eigenvalue weighted by atomic mass is 9.75. The fourth-order valence-corrected chi connectivity index (χ4v) is 3.34. The molecule has 5 nitrogen and oxygen atoms in total. The maximum absolute atomic E-state index is 11.1. The molecule has 0 bridgehead atoms. The molecule has 0 amide bonds. The van der Waals surface area contributed by atoms with E-state index < -0.39 is 11.0 Å². The topological polar surface area (TPSA) is 85.6 Å². The van der Waals surface area contributed by atoms with Crippen molar-refractivity contribution >= 4 is 27.7 Å². The summed E-state index contributed by atoms with van der Waals surface area (Å²) in [5.74, 6) is 0.956. The largest absolute Gasteiger partial charge is 0.387 e. The molecule has 2 aromatic rings. The summed E-state index contributed by atoms with van der Waals surface area (Å²) in [6.07, 6.45) is 1.65. The number of benzene rings is 1. The number of nitrogens with zero attached hydrogens (tertiary/aromatic N) is 3. The zero-order chi connectivity index (χ0) is 16.2. The van der Waals surface area contributed by atoms with Gasteiger partial charge in [-0.3, -0.25) is 5.10 Å². The number of aromatic nitrogens is 3. The first-order chi connectivity index (χ1) is 10.4. The smallest absolute Gasteiger partial charge is 0.137 e. The molecule has 0 aliphatic carbocycles. The number of rotatable bonds is 6. The normalized spacial score (nSPS) is 14.3. The van der Waals surface area contributed by atoms with Gasteiger partial charge in [-0.2, -0.15) is 10.4 Å². The van der Waals surface area contributed by atoms with E-state index in [0.29, 0.717) is 11.6 Å². The Morgan fingerprint density at radius 1 is 1.36 bits per heavy atom. The molecule has 0 aliphatic rings. The van der Waals surface area contributed by atoms with Crippen LogP contribution in [0.2, 0.25) is 0 Å². The molecule has 116 valence electrons. The minimum Gasteiger partial charge on any atom is -0.387 e. The number of halogens is 1. The van der Waals surface area contributed by atoms with Crippen molar-refractivity contribution in [2.75, 3.05) is 5.75 Å².